The zero-order valence-corrected chi connectivity index (χ0v) is 13.9. The van der Waals surface area contributed by atoms with Gasteiger partial charge in [-0.3, -0.25) is 4.90 Å². The van der Waals surface area contributed by atoms with Gasteiger partial charge in [-0.2, -0.15) is 0 Å². The van der Waals surface area contributed by atoms with Crippen LogP contribution < -0.4 is 0 Å². The van der Waals surface area contributed by atoms with Crippen LogP contribution in [0.25, 0.3) is 0 Å². The summed E-state index contributed by atoms with van der Waals surface area (Å²) in [5.41, 5.74) is 0. The number of aliphatic hydroxyl groups excluding tert-OH is 1. The molecule has 1 heterocycles. The lowest BCUT2D eigenvalue weighted by molar-refractivity contribution is -0.0353. The van der Waals surface area contributed by atoms with Crippen LogP contribution in [0.15, 0.2) is 0 Å². The van der Waals surface area contributed by atoms with Crippen molar-refractivity contribution >= 4 is 6.09 Å². The minimum absolute atomic E-state index is 0.235. The quantitative estimate of drug-likeness (QED) is 0.801. The second-order valence-corrected chi connectivity index (χ2v) is 6.42. The minimum atomic E-state index is -0.457. The number of aliphatic hydroxyl groups is 1. The van der Waals surface area contributed by atoms with Gasteiger partial charge in [0.2, 0.25) is 0 Å². The van der Waals surface area contributed by atoms with E-state index >= 15 is 0 Å². The summed E-state index contributed by atoms with van der Waals surface area (Å²) in [5.74, 6) is 0.611. The van der Waals surface area contributed by atoms with E-state index in [1.165, 1.54) is 12.8 Å². The molecule has 0 unspecified atom stereocenters. The highest BCUT2D eigenvalue weighted by atomic mass is 16.6. The topological polar surface area (TPSA) is 62.2 Å². The lowest BCUT2D eigenvalue weighted by Crippen LogP contribution is -2.51. The van der Waals surface area contributed by atoms with Gasteiger partial charge in [0.1, 0.15) is 0 Å². The highest BCUT2D eigenvalue weighted by Gasteiger charge is 2.26. The van der Waals surface area contributed by atoms with Crippen LogP contribution in [0.3, 0.4) is 0 Å². The van der Waals surface area contributed by atoms with Gasteiger partial charge in [0, 0.05) is 32.7 Å². The SMILES string of the molecule is CCOC(=O)N1CCN(C[C@H](O)CO[C@@H]2CCC[C@@H]2C)CC1. The summed E-state index contributed by atoms with van der Waals surface area (Å²) in [5, 5.41) is 10.1. The zero-order chi connectivity index (χ0) is 15.9. The Hall–Kier alpha value is -0.850. The lowest BCUT2D eigenvalue weighted by Gasteiger charge is -2.35. The molecule has 0 aromatic heterocycles. The van der Waals surface area contributed by atoms with E-state index in [0.717, 1.165) is 19.5 Å². The number of hydrogen-bond acceptors (Lipinski definition) is 5. The number of carbonyl (C=O) groups is 1. The van der Waals surface area contributed by atoms with Crippen molar-refractivity contribution in [3.63, 3.8) is 0 Å². The van der Waals surface area contributed by atoms with E-state index in [0.29, 0.717) is 44.9 Å². The van der Waals surface area contributed by atoms with E-state index in [1.807, 2.05) is 6.92 Å². The summed E-state index contributed by atoms with van der Waals surface area (Å²) in [6, 6.07) is 0. The summed E-state index contributed by atoms with van der Waals surface area (Å²) < 4.78 is 10.9. The Morgan fingerprint density at radius 2 is 2.00 bits per heavy atom. The molecule has 0 spiro atoms. The summed E-state index contributed by atoms with van der Waals surface area (Å²) in [4.78, 5) is 15.5. The molecular formula is C16H30N2O4. The number of ether oxygens (including phenoxy) is 2. The van der Waals surface area contributed by atoms with E-state index < -0.39 is 6.10 Å². The number of nitrogens with zero attached hydrogens (tertiary/aromatic N) is 2. The Balaban J connectivity index is 1.62. The molecule has 22 heavy (non-hydrogen) atoms. The number of carbonyl (C=O) groups excluding carboxylic acids is 1. The molecule has 0 aromatic rings. The molecule has 1 amide bonds. The number of rotatable bonds is 6. The first kappa shape index (κ1) is 17.5. The molecule has 3 atom stereocenters. The van der Waals surface area contributed by atoms with E-state index in [4.69, 9.17) is 9.47 Å². The Labute approximate surface area is 133 Å². The van der Waals surface area contributed by atoms with Gasteiger partial charge in [0.05, 0.1) is 25.4 Å². The van der Waals surface area contributed by atoms with Crippen molar-refractivity contribution in [3.05, 3.63) is 0 Å². The third kappa shape index (κ3) is 5.11. The molecule has 0 aromatic carbocycles. The van der Waals surface area contributed by atoms with Gasteiger partial charge >= 0.3 is 6.09 Å². The maximum atomic E-state index is 11.6. The fourth-order valence-electron chi connectivity index (χ4n) is 3.27. The van der Waals surface area contributed by atoms with Crippen LogP contribution in [-0.4, -0.2) is 79.1 Å². The average Bonchev–Trinajstić information content (AvgIpc) is 2.91. The van der Waals surface area contributed by atoms with Gasteiger partial charge < -0.3 is 19.5 Å². The van der Waals surface area contributed by atoms with E-state index in [1.54, 1.807) is 4.90 Å². The second-order valence-electron chi connectivity index (χ2n) is 6.42. The van der Waals surface area contributed by atoms with E-state index in [9.17, 15) is 9.90 Å². The van der Waals surface area contributed by atoms with Crippen LogP contribution in [0.5, 0.6) is 0 Å². The summed E-state index contributed by atoms with van der Waals surface area (Å²) in [6.45, 7) is 8.33. The largest absolute Gasteiger partial charge is 0.450 e. The van der Waals surface area contributed by atoms with Crippen LogP contribution in [0.1, 0.15) is 33.1 Å². The van der Waals surface area contributed by atoms with Gasteiger partial charge in [0.25, 0.3) is 0 Å². The molecule has 2 rings (SSSR count). The Bertz CT molecular complexity index is 345. The molecule has 128 valence electrons. The predicted molar refractivity (Wildman–Crippen MR) is 83.8 cm³/mol. The molecule has 1 saturated carbocycles. The molecule has 1 aliphatic heterocycles. The minimum Gasteiger partial charge on any atom is -0.450 e. The summed E-state index contributed by atoms with van der Waals surface area (Å²) in [7, 11) is 0. The van der Waals surface area contributed by atoms with Crippen molar-refractivity contribution in [2.75, 3.05) is 45.9 Å². The third-order valence-corrected chi connectivity index (χ3v) is 4.65. The van der Waals surface area contributed by atoms with Gasteiger partial charge in [0.15, 0.2) is 0 Å². The molecule has 1 N–H and O–H groups in total. The smallest absolute Gasteiger partial charge is 0.409 e. The normalized spacial score (nSPS) is 27.9. The lowest BCUT2D eigenvalue weighted by atomic mass is 10.1. The molecule has 6 heteroatoms. The third-order valence-electron chi connectivity index (χ3n) is 4.65. The van der Waals surface area contributed by atoms with Gasteiger partial charge in [-0.25, -0.2) is 4.79 Å². The Morgan fingerprint density at radius 1 is 1.27 bits per heavy atom. The maximum Gasteiger partial charge on any atom is 0.409 e. The van der Waals surface area contributed by atoms with Gasteiger partial charge in [-0.1, -0.05) is 13.3 Å². The summed E-state index contributed by atoms with van der Waals surface area (Å²) in [6.07, 6.45) is 3.21. The molecule has 0 radical (unpaired) electrons. The monoisotopic (exact) mass is 314 g/mol. The van der Waals surface area contributed by atoms with Crippen LogP contribution in [0.4, 0.5) is 4.79 Å². The Kier molecular flexibility index (Phi) is 6.92. The van der Waals surface area contributed by atoms with Crippen molar-refractivity contribution < 1.29 is 19.4 Å². The number of hydrogen-bond donors (Lipinski definition) is 1. The van der Waals surface area contributed by atoms with Crippen LogP contribution >= 0.6 is 0 Å². The van der Waals surface area contributed by atoms with Crippen molar-refractivity contribution in [2.45, 2.75) is 45.3 Å². The standard InChI is InChI=1S/C16H30N2O4/c1-3-21-16(20)18-9-7-17(8-10-18)11-14(19)12-22-15-6-4-5-13(15)2/h13-15,19H,3-12H2,1-2H3/t13-,14-,15+/m0/s1. The van der Waals surface area contributed by atoms with Crippen LogP contribution in [-0.2, 0) is 9.47 Å². The molecule has 2 aliphatic rings. The predicted octanol–water partition coefficient (Wildman–Crippen LogP) is 1.33. The van der Waals surface area contributed by atoms with E-state index in [-0.39, 0.29) is 6.09 Å². The number of amides is 1. The summed E-state index contributed by atoms with van der Waals surface area (Å²) >= 11 is 0. The highest BCUT2D eigenvalue weighted by molar-refractivity contribution is 5.67. The molecule has 1 aliphatic carbocycles. The molecule has 0 bridgehead atoms. The van der Waals surface area contributed by atoms with Gasteiger partial charge in [-0.15, -0.1) is 0 Å². The van der Waals surface area contributed by atoms with Gasteiger partial charge in [-0.05, 0) is 25.7 Å². The van der Waals surface area contributed by atoms with Crippen molar-refractivity contribution in [1.29, 1.82) is 0 Å². The van der Waals surface area contributed by atoms with Crippen LogP contribution in [0, 0.1) is 5.92 Å². The van der Waals surface area contributed by atoms with E-state index in [2.05, 4.69) is 11.8 Å². The fourth-order valence-corrected chi connectivity index (χ4v) is 3.27. The number of β-amino-alcohol motifs (C(OH)–C–C–N with tert-alkyl or cyclic N) is 1. The first-order valence-electron chi connectivity index (χ1n) is 8.54. The van der Waals surface area contributed by atoms with Crippen molar-refractivity contribution in [2.24, 2.45) is 5.92 Å². The molecule has 1 saturated heterocycles. The zero-order valence-electron chi connectivity index (χ0n) is 13.9. The second kappa shape index (κ2) is 8.70. The van der Waals surface area contributed by atoms with Crippen LogP contribution in [0.2, 0.25) is 0 Å². The van der Waals surface area contributed by atoms with Crippen molar-refractivity contribution in [3.8, 4) is 0 Å². The number of piperazine rings is 1. The maximum absolute atomic E-state index is 11.6. The molecular weight excluding hydrogens is 284 g/mol. The Morgan fingerprint density at radius 3 is 2.59 bits per heavy atom. The fraction of sp³-hybridized carbons (Fsp3) is 0.938. The average molecular weight is 314 g/mol. The van der Waals surface area contributed by atoms with Crippen molar-refractivity contribution in [1.82, 2.24) is 9.80 Å². The molecule has 2 fully saturated rings. The highest BCUT2D eigenvalue weighted by Crippen LogP contribution is 2.27. The molecule has 6 nitrogen and oxygen atoms in total. The first-order chi connectivity index (χ1) is 10.6. The first-order valence-corrected chi connectivity index (χ1v) is 8.54.